The quantitative estimate of drug-likeness (QED) is 0.790. The molecule has 0 spiro atoms. The molecule has 0 unspecified atom stereocenters. The highest BCUT2D eigenvalue weighted by Crippen LogP contribution is 2.28. The van der Waals surface area contributed by atoms with Gasteiger partial charge in [0.25, 0.3) is 0 Å². The van der Waals surface area contributed by atoms with Crippen molar-refractivity contribution in [2.24, 2.45) is 0 Å². The van der Waals surface area contributed by atoms with Gasteiger partial charge in [-0.1, -0.05) is 23.4 Å². The standard InChI is InChI=1S/C15H14N4O2/c1-21-14-8-3-2-7-13(14)19-15(12(10-20)17-18-19)11-6-4-5-9-16-11/h2-9,20H,10H2,1H3. The first-order valence-corrected chi connectivity index (χ1v) is 6.45. The lowest BCUT2D eigenvalue weighted by molar-refractivity contribution is 0.277. The Morgan fingerprint density at radius 1 is 1.14 bits per heavy atom. The SMILES string of the molecule is COc1ccccc1-n1nnc(CO)c1-c1ccccn1. The molecule has 106 valence electrons. The van der Waals surface area contributed by atoms with Crippen LogP contribution in [0.2, 0.25) is 0 Å². The molecule has 1 aromatic carbocycles. The Labute approximate surface area is 121 Å². The Hall–Kier alpha value is -2.73. The molecular weight excluding hydrogens is 268 g/mol. The maximum Gasteiger partial charge on any atom is 0.144 e. The van der Waals surface area contributed by atoms with E-state index in [9.17, 15) is 5.11 Å². The Morgan fingerprint density at radius 3 is 2.67 bits per heavy atom. The number of rotatable bonds is 4. The molecule has 0 saturated heterocycles. The van der Waals surface area contributed by atoms with E-state index in [0.717, 1.165) is 5.69 Å². The van der Waals surface area contributed by atoms with Crippen molar-refractivity contribution in [2.75, 3.05) is 7.11 Å². The van der Waals surface area contributed by atoms with Crippen molar-refractivity contribution in [2.45, 2.75) is 6.61 Å². The van der Waals surface area contributed by atoms with Crippen molar-refractivity contribution in [1.82, 2.24) is 20.0 Å². The smallest absolute Gasteiger partial charge is 0.144 e. The number of nitrogens with zero attached hydrogens (tertiary/aromatic N) is 4. The fraction of sp³-hybridized carbons (Fsp3) is 0.133. The summed E-state index contributed by atoms with van der Waals surface area (Å²) in [5, 5.41) is 17.7. The minimum atomic E-state index is -0.207. The van der Waals surface area contributed by atoms with E-state index in [1.807, 2.05) is 42.5 Å². The molecule has 2 aromatic heterocycles. The lowest BCUT2D eigenvalue weighted by atomic mass is 10.2. The fourth-order valence-electron chi connectivity index (χ4n) is 2.15. The van der Waals surface area contributed by atoms with Gasteiger partial charge >= 0.3 is 0 Å². The number of pyridine rings is 1. The van der Waals surface area contributed by atoms with Gasteiger partial charge in [0.2, 0.25) is 0 Å². The zero-order chi connectivity index (χ0) is 14.7. The third-order valence-corrected chi connectivity index (χ3v) is 3.11. The Bertz CT molecular complexity index is 740. The lowest BCUT2D eigenvalue weighted by Crippen LogP contribution is -2.03. The van der Waals surface area contributed by atoms with Crippen LogP contribution in [0, 0.1) is 0 Å². The van der Waals surface area contributed by atoms with E-state index >= 15 is 0 Å². The van der Waals surface area contributed by atoms with Crippen LogP contribution in [0.5, 0.6) is 5.75 Å². The number of aliphatic hydroxyl groups excluding tert-OH is 1. The van der Waals surface area contributed by atoms with Crippen LogP contribution in [0.15, 0.2) is 48.7 Å². The third kappa shape index (κ3) is 2.36. The van der Waals surface area contributed by atoms with Crippen LogP contribution < -0.4 is 4.74 Å². The summed E-state index contributed by atoms with van der Waals surface area (Å²) in [7, 11) is 1.60. The second-order valence-corrected chi connectivity index (χ2v) is 4.34. The molecule has 0 atom stereocenters. The largest absolute Gasteiger partial charge is 0.494 e. The van der Waals surface area contributed by atoms with Gasteiger partial charge in [-0.2, -0.15) is 0 Å². The van der Waals surface area contributed by atoms with Crippen LogP contribution in [0.3, 0.4) is 0 Å². The molecule has 0 fully saturated rings. The van der Waals surface area contributed by atoms with E-state index in [1.165, 1.54) is 0 Å². The molecule has 6 heteroatoms. The summed E-state index contributed by atoms with van der Waals surface area (Å²) in [4.78, 5) is 4.32. The highest BCUT2D eigenvalue weighted by molar-refractivity contribution is 5.62. The van der Waals surface area contributed by atoms with Crippen molar-refractivity contribution in [3.63, 3.8) is 0 Å². The fourth-order valence-corrected chi connectivity index (χ4v) is 2.15. The number of aromatic nitrogens is 4. The van der Waals surface area contributed by atoms with Gasteiger partial charge in [0.1, 0.15) is 22.8 Å². The number of methoxy groups -OCH3 is 1. The maximum absolute atomic E-state index is 9.49. The number of para-hydroxylation sites is 2. The maximum atomic E-state index is 9.49. The van der Waals surface area contributed by atoms with Gasteiger partial charge in [-0.25, -0.2) is 4.68 Å². The number of hydrogen-bond donors (Lipinski definition) is 1. The van der Waals surface area contributed by atoms with Gasteiger partial charge in [-0.05, 0) is 24.3 Å². The van der Waals surface area contributed by atoms with E-state index in [4.69, 9.17) is 4.74 Å². The van der Waals surface area contributed by atoms with E-state index in [-0.39, 0.29) is 6.61 Å². The highest BCUT2D eigenvalue weighted by atomic mass is 16.5. The minimum absolute atomic E-state index is 0.207. The third-order valence-electron chi connectivity index (χ3n) is 3.11. The zero-order valence-corrected chi connectivity index (χ0v) is 11.5. The van der Waals surface area contributed by atoms with Crippen molar-refractivity contribution in [1.29, 1.82) is 0 Å². The van der Waals surface area contributed by atoms with Gasteiger partial charge in [-0.15, -0.1) is 5.10 Å². The summed E-state index contributed by atoms with van der Waals surface area (Å²) < 4.78 is 6.99. The van der Waals surface area contributed by atoms with Crippen molar-refractivity contribution < 1.29 is 9.84 Å². The molecule has 21 heavy (non-hydrogen) atoms. The molecule has 0 bridgehead atoms. The van der Waals surface area contributed by atoms with Crippen LogP contribution >= 0.6 is 0 Å². The summed E-state index contributed by atoms with van der Waals surface area (Å²) in [5.41, 5.74) is 2.56. The Morgan fingerprint density at radius 2 is 1.95 bits per heavy atom. The van der Waals surface area contributed by atoms with Crippen LogP contribution in [0.1, 0.15) is 5.69 Å². The van der Waals surface area contributed by atoms with Gasteiger partial charge in [0.15, 0.2) is 0 Å². The normalized spacial score (nSPS) is 10.6. The van der Waals surface area contributed by atoms with Gasteiger partial charge in [0.05, 0.1) is 19.4 Å². The zero-order valence-electron chi connectivity index (χ0n) is 11.5. The number of aliphatic hydroxyl groups is 1. The predicted molar refractivity (Wildman–Crippen MR) is 77.1 cm³/mol. The Kier molecular flexibility index (Phi) is 3.61. The van der Waals surface area contributed by atoms with Gasteiger partial charge < -0.3 is 9.84 Å². The van der Waals surface area contributed by atoms with Crippen LogP contribution in [-0.4, -0.2) is 32.2 Å². The molecule has 3 rings (SSSR count). The second-order valence-electron chi connectivity index (χ2n) is 4.34. The van der Waals surface area contributed by atoms with E-state index in [1.54, 1.807) is 18.0 Å². The van der Waals surface area contributed by atoms with Crippen molar-refractivity contribution in [3.05, 3.63) is 54.4 Å². The summed E-state index contributed by atoms with van der Waals surface area (Å²) in [5.74, 6) is 0.670. The second kappa shape index (κ2) is 5.72. The van der Waals surface area contributed by atoms with Crippen molar-refractivity contribution >= 4 is 0 Å². The van der Waals surface area contributed by atoms with Crippen LogP contribution in [0.25, 0.3) is 17.1 Å². The molecule has 0 aliphatic heterocycles. The topological polar surface area (TPSA) is 73.1 Å². The molecule has 0 aliphatic rings. The molecule has 1 N–H and O–H groups in total. The number of ether oxygens (including phenoxy) is 1. The Balaban J connectivity index is 2.23. The summed E-state index contributed by atoms with van der Waals surface area (Å²) in [6.07, 6.45) is 1.69. The predicted octanol–water partition coefficient (Wildman–Crippen LogP) is 1.83. The monoisotopic (exact) mass is 282 g/mol. The molecular formula is C15H14N4O2. The minimum Gasteiger partial charge on any atom is -0.494 e. The first kappa shape index (κ1) is 13.3. The average molecular weight is 282 g/mol. The van der Waals surface area contributed by atoms with Crippen LogP contribution in [-0.2, 0) is 6.61 Å². The summed E-state index contributed by atoms with van der Waals surface area (Å²) in [6, 6.07) is 13.1. The lowest BCUT2D eigenvalue weighted by Gasteiger charge is -2.10. The average Bonchev–Trinajstić information content (AvgIpc) is 2.99. The summed E-state index contributed by atoms with van der Waals surface area (Å²) in [6.45, 7) is -0.207. The van der Waals surface area contributed by atoms with Crippen molar-refractivity contribution in [3.8, 4) is 22.8 Å². The van der Waals surface area contributed by atoms with E-state index in [0.29, 0.717) is 22.8 Å². The van der Waals surface area contributed by atoms with Crippen LogP contribution in [0.4, 0.5) is 0 Å². The molecule has 3 aromatic rings. The molecule has 0 saturated carbocycles. The van der Waals surface area contributed by atoms with Gasteiger partial charge in [0, 0.05) is 6.20 Å². The molecule has 0 radical (unpaired) electrons. The first-order valence-electron chi connectivity index (χ1n) is 6.45. The number of hydrogen-bond acceptors (Lipinski definition) is 5. The molecule has 2 heterocycles. The summed E-state index contributed by atoms with van der Waals surface area (Å²) >= 11 is 0. The highest BCUT2D eigenvalue weighted by Gasteiger charge is 2.18. The molecule has 6 nitrogen and oxygen atoms in total. The molecule has 0 amide bonds. The van der Waals surface area contributed by atoms with E-state index in [2.05, 4.69) is 15.3 Å². The first-order chi connectivity index (χ1) is 10.3. The van der Waals surface area contributed by atoms with E-state index < -0.39 is 0 Å². The number of benzene rings is 1. The molecule has 0 aliphatic carbocycles. The van der Waals surface area contributed by atoms with Gasteiger partial charge in [-0.3, -0.25) is 4.98 Å².